The maximum atomic E-state index is 10.7. The number of benzene rings is 1. The maximum absolute atomic E-state index is 10.7. The molecule has 2 N–H and O–H groups in total. The molecule has 0 aliphatic rings. The van der Waals surface area contributed by atoms with Crippen LogP contribution in [0.25, 0.3) is 11.0 Å². The number of aromatic carboxylic acids is 1. The van der Waals surface area contributed by atoms with E-state index in [1.54, 1.807) is 0 Å². The van der Waals surface area contributed by atoms with Gasteiger partial charge in [0.05, 0.1) is 11.0 Å². The van der Waals surface area contributed by atoms with Crippen molar-refractivity contribution in [2.24, 2.45) is 0 Å². The van der Waals surface area contributed by atoms with Gasteiger partial charge in [0.1, 0.15) is 0 Å². The summed E-state index contributed by atoms with van der Waals surface area (Å²) in [5, 5.41) is 8.76. The number of imidazole rings is 1. The van der Waals surface area contributed by atoms with Crippen LogP contribution in [-0.4, -0.2) is 21.0 Å². The van der Waals surface area contributed by atoms with Gasteiger partial charge in [-0.1, -0.05) is 19.4 Å². The fraction of sp³-hybridized carbons (Fsp3) is 0.273. The molecule has 1 aromatic heterocycles. The summed E-state index contributed by atoms with van der Waals surface area (Å²) in [5.74, 6) is -1.03. The van der Waals surface area contributed by atoms with Crippen LogP contribution in [0.2, 0.25) is 0 Å². The molecule has 1 aromatic carbocycles. The Morgan fingerprint density at radius 3 is 3.00 bits per heavy atom. The number of nitrogens with one attached hydrogen (secondary N) is 1. The second kappa shape index (κ2) is 3.73. The van der Waals surface area contributed by atoms with E-state index in [2.05, 4.69) is 16.9 Å². The number of hydrogen-bond donors (Lipinski definition) is 2. The van der Waals surface area contributed by atoms with Crippen LogP contribution in [0.15, 0.2) is 18.2 Å². The van der Waals surface area contributed by atoms with Crippen molar-refractivity contribution in [1.82, 2.24) is 9.97 Å². The zero-order valence-electron chi connectivity index (χ0n) is 8.45. The van der Waals surface area contributed by atoms with Crippen LogP contribution in [-0.2, 0) is 6.42 Å². The second-order valence-corrected chi connectivity index (χ2v) is 3.49. The number of aryl methyl sites for hydroxylation is 1. The fourth-order valence-corrected chi connectivity index (χ4v) is 1.60. The molecule has 0 saturated heterocycles. The predicted molar refractivity (Wildman–Crippen MR) is 57.0 cm³/mol. The standard InChI is InChI=1S/C11H12N2O2/c1-2-3-7-4-5-8-9(6-7)13-10(12-8)11(14)15/h4-6H,2-3H2,1H3,(H,12,13)(H,14,15). The topological polar surface area (TPSA) is 66.0 Å². The van der Waals surface area contributed by atoms with Crippen molar-refractivity contribution in [1.29, 1.82) is 0 Å². The number of rotatable bonds is 3. The molecule has 4 heteroatoms. The summed E-state index contributed by atoms with van der Waals surface area (Å²) in [6, 6.07) is 5.79. The Hall–Kier alpha value is -1.84. The van der Waals surface area contributed by atoms with Crippen molar-refractivity contribution < 1.29 is 9.90 Å². The zero-order chi connectivity index (χ0) is 10.8. The van der Waals surface area contributed by atoms with Gasteiger partial charge in [-0.15, -0.1) is 0 Å². The van der Waals surface area contributed by atoms with E-state index in [0.29, 0.717) is 5.52 Å². The van der Waals surface area contributed by atoms with Gasteiger partial charge in [0.2, 0.25) is 5.82 Å². The van der Waals surface area contributed by atoms with Gasteiger partial charge in [-0.3, -0.25) is 0 Å². The van der Waals surface area contributed by atoms with Gasteiger partial charge in [-0.25, -0.2) is 9.78 Å². The van der Waals surface area contributed by atoms with Crippen LogP contribution in [0, 0.1) is 0 Å². The Balaban J connectivity index is 2.47. The monoisotopic (exact) mass is 204 g/mol. The highest BCUT2D eigenvalue weighted by Crippen LogP contribution is 2.14. The van der Waals surface area contributed by atoms with Gasteiger partial charge < -0.3 is 10.1 Å². The molecule has 0 atom stereocenters. The first-order valence-electron chi connectivity index (χ1n) is 4.92. The average molecular weight is 204 g/mol. The molecule has 0 radical (unpaired) electrons. The first-order chi connectivity index (χ1) is 7.20. The molecule has 0 saturated carbocycles. The SMILES string of the molecule is CCCc1ccc2nc(C(=O)O)[nH]c2c1. The van der Waals surface area contributed by atoms with Crippen molar-refractivity contribution in [3.8, 4) is 0 Å². The van der Waals surface area contributed by atoms with Crippen molar-refractivity contribution in [3.05, 3.63) is 29.6 Å². The lowest BCUT2D eigenvalue weighted by Gasteiger charge is -1.96. The first kappa shape index (κ1) is 9.71. The minimum absolute atomic E-state index is 0.00125. The molecule has 0 unspecified atom stereocenters. The van der Waals surface area contributed by atoms with Crippen LogP contribution < -0.4 is 0 Å². The molecule has 15 heavy (non-hydrogen) atoms. The fourth-order valence-electron chi connectivity index (χ4n) is 1.60. The minimum atomic E-state index is -1.02. The number of nitrogens with zero attached hydrogens (tertiary/aromatic N) is 1. The van der Waals surface area contributed by atoms with E-state index >= 15 is 0 Å². The lowest BCUT2D eigenvalue weighted by atomic mass is 10.1. The number of H-pyrrole nitrogens is 1. The minimum Gasteiger partial charge on any atom is -0.475 e. The summed E-state index contributed by atoms with van der Waals surface area (Å²) in [6.45, 7) is 2.11. The molecule has 78 valence electrons. The molecule has 0 aliphatic heterocycles. The first-order valence-corrected chi connectivity index (χ1v) is 4.92. The number of carboxylic acid groups (broad SMARTS) is 1. The van der Waals surface area contributed by atoms with E-state index in [9.17, 15) is 4.79 Å². The Morgan fingerprint density at radius 1 is 1.53 bits per heavy atom. The van der Waals surface area contributed by atoms with Gasteiger partial charge in [0, 0.05) is 0 Å². The van der Waals surface area contributed by atoms with Crippen molar-refractivity contribution in [3.63, 3.8) is 0 Å². The summed E-state index contributed by atoms with van der Waals surface area (Å²) < 4.78 is 0. The Kier molecular flexibility index (Phi) is 2.41. The van der Waals surface area contributed by atoms with Crippen molar-refractivity contribution in [2.45, 2.75) is 19.8 Å². The molecule has 0 spiro atoms. The molecule has 0 bridgehead atoms. The summed E-state index contributed by atoms with van der Waals surface area (Å²) in [6.07, 6.45) is 2.07. The van der Waals surface area contributed by atoms with E-state index in [1.807, 2.05) is 18.2 Å². The lowest BCUT2D eigenvalue weighted by molar-refractivity contribution is 0.0685. The smallest absolute Gasteiger partial charge is 0.371 e. The third kappa shape index (κ3) is 1.83. The number of carbonyl (C=O) groups is 1. The third-order valence-electron chi connectivity index (χ3n) is 2.29. The predicted octanol–water partition coefficient (Wildman–Crippen LogP) is 2.21. The zero-order valence-corrected chi connectivity index (χ0v) is 8.45. The molecule has 2 rings (SSSR count). The number of fused-ring (bicyclic) bond motifs is 1. The second-order valence-electron chi connectivity index (χ2n) is 3.49. The van der Waals surface area contributed by atoms with Crippen molar-refractivity contribution >= 4 is 17.0 Å². The van der Waals surface area contributed by atoms with Gasteiger partial charge in [-0.05, 0) is 24.1 Å². The van der Waals surface area contributed by atoms with Crippen LogP contribution in [0.1, 0.15) is 29.5 Å². The highest BCUT2D eigenvalue weighted by molar-refractivity contribution is 5.89. The van der Waals surface area contributed by atoms with Crippen LogP contribution in [0.5, 0.6) is 0 Å². The van der Waals surface area contributed by atoms with Crippen LogP contribution in [0.4, 0.5) is 0 Å². The summed E-state index contributed by atoms with van der Waals surface area (Å²) in [5.41, 5.74) is 2.69. The van der Waals surface area contributed by atoms with Gasteiger partial charge in [-0.2, -0.15) is 0 Å². The molecule has 0 fully saturated rings. The van der Waals surface area contributed by atoms with Crippen LogP contribution >= 0.6 is 0 Å². The molecule has 1 heterocycles. The van der Waals surface area contributed by atoms with Gasteiger partial charge in [0.15, 0.2) is 0 Å². The molecule has 2 aromatic rings. The molecule has 0 aliphatic carbocycles. The molecule has 4 nitrogen and oxygen atoms in total. The number of aromatic amines is 1. The van der Waals surface area contributed by atoms with Gasteiger partial charge in [0.25, 0.3) is 0 Å². The number of carboxylic acids is 1. The molecule has 0 amide bonds. The largest absolute Gasteiger partial charge is 0.475 e. The highest BCUT2D eigenvalue weighted by atomic mass is 16.4. The lowest BCUT2D eigenvalue weighted by Crippen LogP contribution is -1.97. The third-order valence-corrected chi connectivity index (χ3v) is 2.29. The highest BCUT2D eigenvalue weighted by Gasteiger charge is 2.09. The van der Waals surface area contributed by atoms with E-state index in [1.165, 1.54) is 5.56 Å². The van der Waals surface area contributed by atoms with Gasteiger partial charge >= 0.3 is 5.97 Å². The average Bonchev–Trinajstić information content (AvgIpc) is 2.61. The normalized spacial score (nSPS) is 10.7. The van der Waals surface area contributed by atoms with E-state index in [4.69, 9.17) is 5.11 Å². The summed E-state index contributed by atoms with van der Waals surface area (Å²) in [7, 11) is 0. The quantitative estimate of drug-likeness (QED) is 0.805. The Labute approximate surface area is 87.0 Å². The van der Waals surface area contributed by atoms with Crippen molar-refractivity contribution in [2.75, 3.05) is 0 Å². The van der Waals surface area contributed by atoms with E-state index in [-0.39, 0.29) is 5.82 Å². The maximum Gasteiger partial charge on any atom is 0.371 e. The Morgan fingerprint density at radius 2 is 2.33 bits per heavy atom. The number of hydrogen-bond acceptors (Lipinski definition) is 2. The summed E-state index contributed by atoms with van der Waals surface area (Å²) in [4.78, 5) is 17.4. The molecular weight excluding hydrogens is 192 g/mol. The summed E-state index contributed by atoms with van der Waals surface area (Å²) >= 11 is 0. The van der Waals surface area contributed by atoms with E-state index < -0.39 is 5.97 Å². The Bertz CT molecular complexity index is 502. The molecular formula is C11H12N2O2. The number of aromatic nitrogens is 2. The van der Waals surface area contributed by atoms with Crippen LogP contribution in [0.3, 0.4) is 0 Å². The van der Waals surface area contributed by atoms with E-state index in [0.717, 1.165) is 18.4 Å².